The molecule has 2 rings (SSSR count). The van der Waals surface area contributed by atoms with Gasteiger partial charge in [-0.05, 0) is 43.6 Å². The van der Waals surface area contributed by atoms with Crippen LogP contribution in [0.1, 0.15) is 18.4 Å². The molecule has 1 aromatic carbocycles. The van der Waals surface area contributed by atoms with E-state index in [2.05, 4.69) is 5.32 Å². The van der Waals surface area contributed by atoms with Crippen LogP contribution in [0.2, 0.25) is 10.0 Å². The molecule has 1 nitrogen and oxygen atoms in total. The fraction of sp³-hybridized carbons (Fsp3) is 0.500. The number of hydrogen-bond acceptors (Lipinski definition) is 1. The van der Waals surface area contributed by atoms with Gasteiger partial charge in [0.15, 0.2) is 0 Å². The fourth-order valence-electron chi connectivity index (χ4n) is 2.07. The molecule has 0 aromatic heterocycles. The second kappa shape index (κ2) is 6.24. The number of piperidine rings is 1. The van der Waals surface area contributed by atoms with Crippen molar-refractivity contribution in [3.05, 3.63) is 33.8 Å². The van der Waals surface area contributed by atoms with Crippen molar-refractivity contribution in [2.24, 2.45) is 0 Å². The predicted octanol–water partition coefficient (Wildman–Crippen LogP) is 4.05. The van der Waals surface area contributed by atoms with E-state index >= 15 is 0 Å². The minimum atomic E-state index is -1.09. The maximum Gasteiger partial charge on any atom is 0.117 e. The second-order valence-electron chi connectivity index (χ2n) is 4.33. The first kappa shape index (κ1) is 15.0. The summed E-state index contributed by atoms with van der Waals surface area (Å²) in [5.41, 5.74) is -0.179. The summed E-state index contributed by atoms with van der Waals surface area (Å²) in [6, 6.07) is 5.33. The average molecular weight is 299 g/mol. The fourth-order valence-corrected chi connectivity index (χ4v) is 2.39. The Morgan fingerprint density at radius 2 is 1.82 bits per heavy atom. The summed E-state index contributed by atoms with van der Waals surface area (Å²) in [6.07, 6.45) is 1.55. The molecule has 5 heteroatoms. The lowest BCUT2D eigenvalue weighted by molar-refractivity contribution is 0.116. The van der Waals surface area contributed by atoms with Crippen LogP contribution < -0.4 is 5.32 Å². The van der Waals surface area contributed by atoms with Gasteiger partial charge in [-0.2, -0.15) is 0 Å². The number of halogens is 4. The molecule has 0 spiro atoms. The van der Waals surface area contributed by atoms with Gasteiger partial charge in [-0.15, -0.1) is 12.4 Å². The number of nitrogens with one attached hydrogen (secondary N) is 1. The molecule has 0 atom stereocenters. The Hall–Kier alpha value is -0.0200. The first-order valence-electron chi connectivity index (χ1n) is 5.43. The van der Waals surface area contributed by atoms with Crippen LogP contribution in [0.4, 0.5) is 4.39 Å². The van der Waals surface area contributed by atoms with Crippen LogP contribution in [0, 0.1) is 0 Å². The molecule has 0 unspecified atom stereocenters. The van der Waals surface area contributed by atoms with Crippen LogP contribution in [-0.4, -0.2) is 18.8 Å². The van der Waals surface area contributed by atoms with Gasteiger partial charge in [0.25, 0.3) is 0 Å². The molecule has 1 fully saturated rings. The standard InChI is InChI=1S/C12H14Cl2FN.ClH/c13-10-2-1-9(7-11(10)14)8-12(15)3-5-16-6-4-12;/h1-2,7,16H,3-6,8H2;1H. The molecule has 0 amide bonds. The van der Waals surface area contributed by atoms with Crippen molar-refractivity contribution in [1.82, 2.24) is 5.32 Å². The Morgan fingerprint density at radius 1 is 1.18 bits per heavy atom. The van der Waals surface area contributed by atoms with E-state index in [-0.39, 0.29) is 12.4 Å². The van der Waals surface area contributed by atoms with Gasteiger partial charge in [-0.3, -0.25) is 0 Å². The lowest BCUT2D eigenvalue weighted by atomic mass is 9.88. The zero-order valence-electron chi connectivity index (χ0n) is 9.31. The molecule has 0 bridgehead atoms. The van der Waals surface area contributed by atoms with E-state index in [1.807, 2.05) is 6.07 Å². The van der Waals surface area contributed by atoms with Crippen molar-refractivity contribution in [1.29, 1.82) is 0 Å². The minimum absolute atomic E-state index is 0. The van der Waals surface area contributed by atoms with Gasteiger partial charge in [0.1, 0.15) is 5.67 Å². The molecule has 0 aliphatic carbocycles. The van der Waals surface area contributed by atoms with Crippen molar-refractivity contribution >= 4 is 35.6 Å². The molecule has 0 saturated carbocycles. The van der Waals surface area contributed by atoms with Gasteiger partial charge >= 0.3 is 0 Å². The highest BCUT2D eigenvalue weighted by Gasteiger charge is 2.31. The quantitative estimate of drug-likeness (QED) is 0.868. The molecule has 1 heterocycles. The normalized spacial score (nSPS) is 18.5. The molecular formula is C12H15Cl3FN. The van der Waals surface area contributed by atoms with Crippen molar-refractivity contribution in [3.63, 3.8) is 0 Å². The molecule has 96 valence electrons. The molecule has 0 radical (unpaired) electrons. The predicted molar refractivity (Wildman–Crippen MR) is 73.4 cm³/mol. The zero-order chi connectivity index (χ0) is 11.6. The summed E-state index contributed by atoms with van der Waals surface area (Å²) < 4.78 is 14.4. The Morgan fingerprint density at radius 3 is 2.41 bits per heavy atom. The van der Waals surface area contributed by atoms with Crippen LogP contribution >= 0.6 is 35.6 Å². The van der Waals surface area contributed by atoms with Gasteiger partial charge in [-0.25, -0.2) is 4.39 Å². The minimum Gasteiger partial charge on any atom is -0.316 e. The number of rotatable bonds is 2. The number of hydrogen-bond donors (Lipinski definition) is 1. The molecule has 1 N–H and O–H groups in total. The summed E-state index contributed by atoms with van der Waals surface area (Å²) in [6.45, 7) is 1.50. The van der Waals surface area contributed by atoms with Crippen molar-refractivity contribution in [2.75, 3.05) is 13.1 Å². The van der Waals surface area contributed by atoms with Crippen molar-refractivity contribution in [3.8, 4) is 0 Å². The third-order valence-electron chi connectivity index (χ3n) is 3.00. The maximum atomic E-state index is 14.4. The topological polar surface area (TPSA) is 12.0 Å². The van der Waals surface area contributed by atoms with E-state index in [1.165, 1.54) is 0 Å². The summed E-state index contributed by atoms with van der Waals surface area (Å²) in [7, 11) is 0. The van der Waals surface area contributed by atoms with Crippen LogP contribution in [0.5, 0.6) is 0 Å². The largest absolute Gasteiger partial charge is 0.316 e. The Bertz CT molecular complexity index is 378. The summed E-state index contributed by atoms with van der Waals surface area (Å²) in [5.74, 6) is 0. The number of benzene rings is 1. The molecule has 1 aliphatic heterocycles. The smallest absolute Gasteiger partial charge is 0.117 e. The lowest BCUT2D eigenvalue weighted by Crippen LogP contribution is -2.40. The van der Waals surface area contributed by atoms with Gasteiger partial charge in [0, 0.05) is 6.42 Å². The third-order valence-corrected chi connectivity index (χ3v) is 3.74. The van der Waals surface area contributed by atoms with Crippen LogP contribution in [-0.2, 0) is 6.42 Å². The van der Waals surface area contributed by atoms with E-state index in [1.54, 1.807) is 12.1 Å². The Kier molecular flexibility index (Phi) is 5.52. The van der Waals surface area contributed by atoms with E-state index < -0.39 is 5.67 Å². The number of alkyl halides is 1. The van der Waals surface area contributed by atoms with Gasteiger partial charge in [0.2, 0.25) is 0 Å². The van der Waals surface area contributed by atoms with E-state index in [0.29, 0.717) is 29.3 Å². The molecule has 1 aromatic rings. The summed E-state index contributed by atoms with van der Waals surface area (Å²) in [4.78, 5) is 0. The third kappa shape index (κ3) is 3.99. The first-order valence-corrected chi connectivity index (χ1v) is 6.18. The zero-order valence-corrected chi connectivity index (χ0v) is 11.6. The molecule has 17 heavy (non-hydrogen) atoms. The van der Waals surface area contributed by atoms with Crippen molar-refractivity contribution < 1.29 is 4.39 Å². The highest BCUT2D eigenvalue weighted by Crippen LogP contribution is 2.30. The van der Waals surface area contributed by atoms with Crippen molar-refractivity contribution in [2.45, 2.75) is 24.9 Å². The van der Waals surface area contributed by atoms with E-state index in [9.17, 15) is 4.39 Å². The van der Waals surface area contributed by atoms with Gasteiger partial charge in [-0.1, -0.05) is 29.3 Å². The monoisotopic (exact) mass is 297 g/mol. The second-order valence-corrected chi connectivity index (χ2v) is 5.14. The van der Waals surface area contributed by atoms with Crippen LogP contribution in [0.3, 0.4) is 0 Å². The average Bonchev–Trinajstić information content (AvgIpc) is 2.24. The van der Waals surface area contributed by atoms with Crippen LogP contribution in [0.15, 0.2) is 18.2 Å². The first-order chi connectivity index (χ1) is 7.59. The molecule has 1 aliphatic rings. The van der Waals surface area contributed by atoms with Crippen LogP contribution in [0.25, 0.3) is 0 Å². The highest BCUT2D eigenvalue weighted by atomic mass is 35.5. The Balaban J connectivity index is 0.00000144. The SMILES string of the molecule is Cl.FC1(Cc2ccc(Cl)c(Cl)c2)CCNCC1. The molecular weight excluding hydrogens is 283 g/mol. The summed E-state index contributed by atoms with van der Waals surface area (Å²) in [5, 5.41) is 4.17. The molecule has 1 saturated heterocycles. The van der Waals surface area contributed by atoms with Gasteiger partial charge < -0.3 is 5.32 Å². The van der Waals surface area contributed by atoms with E-state index in [0.717, 1.165) is 18.7 Å². The van der Waals surface area contributed by atoms with Gasteiger partial charge in [0.05, 0.1) is 10.0 Å². The maximum absolute atomic E-state index is 14.4. The lowest BCUT2D eigenvalue weighted by Gasteiger charge is -2.30. The highest BCUT2D eigenvalue weighted by molar-refractivity contribution is 6.42. The summed E-state index contributed by atoms with van der Waals surface area (Å²) >= 11 is 11.7. The Labute approximate surface area is 117 Å². The van der Waals surface area contributed by atoms with E-state index in [4.69, 9.17) is 23.2 Å².